The van der Waals surface area contributed by atoms with Gasteiger partial charge >= 0.3 is 6.03 Å². The standard InChI is InChI=1S/C20H23F2N3O2/c1-15(14-27-19-8-7-16(21)13-18(19)22)23-20(26)25-11-9-24(10-12-25)17-5-3-2-4-6-17/h2-8,13,15H,9-12,14H2,1H3,(H,23,26). The zero-order valence-electron chi connectivity index (χ0n) is 15.2. The highest BCUT2D eigenvalue weighted by Gasteiger charge is 2.22. The summed E-state index contributed by atoms with van der Waals surface area (Å²) in [7, 11) is 0. The number of carbonyl (C=O) groups excluding carboxylic acids is 1. The Hall–Kier alpha value is -2.83. The van der Waals surface area contributed by atoms with E-state index in [1.807, 2.05) is 18.2 Å². The van der Waals surface area contributed by atoms with Gasteiger partial charge in [0.2, 0.25) is 0 Å². The van der Waals surface area contributed by atoms with Crippen molar-refractivity contribution in [1.29, 1.82) is 0 Å². The quantitative estimate of drug-likeness (QED) is 0.873. The van der Waals surface area contributed by atoms with Gasteiger partial charge in [-0.1, -0.05) is 18.2 Å². The highest BCUT2D eigenvalue weighted by molar-refractivity contribution is 5.75. The van der Waals surface area contributed by atoms with E-state index in [9.17, 15) is 13.6 Å². The Labute approximate surface area is 157 Å². The second-order valence-corrected chi connectivity index (χ2v) is 6.55. The van der Waals surface area contributed by atoms with Crippen LogP contribution in [-0.4, -0.2) is 49.8 Å². The van der Waals surface area contributed by atoms with Crippen LogP contribution in [0.1, 0.15) is 6.92 Å². The number of hydrogen-bond acceptors (Lipinski definition) is 3. The number of para-hydroxylation sites is 1. The van der Waals surface area contributed by atoms with Crippen LogP contribution in [0.25, 0.3) is 0 Å². The summed E-state index contributed by atoms with van der Waals surface area (Å²) in [6, 6.07) is 12.8. The van der Waals surface area contributed by atoms with Gasteiger partial charge in [-0.2, -0.15) is 0 Å². The number of carbonyl (C=O) groups is 1. The summed E-state index contributed by atoms with van der Waals surface area (Å²) in [4.78, 5) is 16.4. The number of nitrogens with one attached hydrogen (secondary N) is 1. The van der Waals surface area contributed by atoms with Crippen molar-refractivity contribution in [2.45, 2.75) is 13.0 Å². The van der Waals surface area contributed by atoms with Gasteiger partial charge in [-0.05, 0) is 31.2 Å². The lowest BCUT2D eigenvalue weighted by molar-refractivity contribution is 0.183. The first-order valence-electron chi connectivity index (χ1n) is 8.96. The fourth-order valence-corrected chi connectivity index (χ4v) is 2.96. The van der Waals surface area contributed by atoms with Gasteiger partial charge in [-0.15, -0.1) is 0 Å². The number of benzene rings is 2. The van der Waals surface area contributed by atoms with Gasteiger partial charge in [0, 0.05) is 37.9 Å². The predicted octanol–water partition coefficient (Wildman–Crippen LogP) is 3.26. The van der Waals surface area contributed by atoms with Gasteiger partial charge in [0.25, 0.3) is 0 Å². The molecule has 2 amide bonds. The third kappa shape index (κ3) is 5.09. The zero-order chi connectivity index (χ0) is 19.2. The van der Waals surface area contributed by atoms with Crippen LogP contribution in [0.15, 0.2) is 48.5 Å². The molecule has 7 heteroatoms. The fourth-order valence-electron chi connectivity index (χ4n) is 2.96. The lowest BCUT2D eigenvalue weighted by Crippen LogP contribution is -2.53. The summed E-state index contributed by atoms with van der Waals surface area (Å²) in [5, 5.41) is 2.85. The van der Waals surface area contributed by atoms with Gasteiger partial charge in [-0.3, -0.25) is 0 Å². The van der Waals surface area contributed by atoms with E-state index in [0.29, 0.717) is 13.1 Å². The van der Waals surface area contributed by atoms with Crippen LogP contribution in [0.2, 0.25) is 0 Å². The third-order valence-corrected chi connectivity index (χ3v) is 4.44. The summed E-state index contributed by atoms with van der Waals surface area (Å²) < 4.78 is 31.8. The molecular weight excluding hydrogens is 352 g/mol. The summed E-state index contributed by atoms with van der Waals surface area (Å²) >= 11 is 0. The molecule has 0 aromatic heterocycles. The Morgan fingerprint density at radius 2 is 1.81 bits per heavy atom. The summed E-state index contributed by atoms with van der Waals surface area (Å²) in [5.41, 5.74) is 1.15. The molecule has 0 radical (unpaired) electrons. The number of hydrogen-bond donors (Lipinski definition) is 1. The lowest BCUT2D eigenvalue weighted by Gasteiger charge is -2.36. The maximum atomic E-state index is 13.6. The molecule has 1 N–H and O–H groups in total. The average molecular weight is 375 g/mol. The zero-order valence-corrected chi connectivity index (χ0v) is 15.2. The van der Waals surface area contributed by atoms with Crippen LogP contribution >= 0.6 is 0 Å². The van der Waals surface area contributed by atoms with Gasteiger partial charge in [0.1, 0.15) is 12.4 Å². The molecule has 2 aromatic carbocycles. The number of piperazine rings is 1. The topological polar surface area (TPSA) is 44.8 Å². The minimum atomic E-state index is -0.759. The first kappa shape index (κ1) is 18.9. The number of rotatable bonds is 5. The Morgan fingerprint density at radius 1 is 1.11 bits per heavy atom. The molecule has 1 aliphatic rings. The largest absolute Gasteiger partial charge is 0.488 e. The van der Waals surface area contributed by atoms with Crippen molar-refractivity contribution in [3.63, 3.8) is 0 Å². The molecule has 1 heterocycles. The van der Waals surface area contributed by atoms with Crippen molar-refractivity contribution in [3.05, 3.63) is 60.2 Å². The molecule has 3 rings (SSSR count). The number of anilines is 1. The van der Waals surface area contributed by atoms with Crippen molar-refractivity contribution in [2.24, 2.45) is 0 Å². The van der Waals surface area contributed by atoms with Crippen molar-refractivity contribution >= 4 is 11.7 Å². The number of urea groups is 1. The molecule has 1 aliphatic heterocycles. The van der Waals surface area contributed by atoms with E-state index in [1.54, 1.807) is 11.8 Å². The molecule has 0 bridgehead atoms. The molecule has 1 saturated heterocycles. The van der Waals surface area contributed by atoms with Crippen molar-refractivity contribution in [1.82, 2.24) is 10.2 Å². The highest BCUT2D eigenvalue weighted by atomic mass is 19.1. The fraction of sp³-hybridized carbons (Fsp3) is 0.350. The maximum Gasteiger partial charge on any atom is 0.317 e. The molecule has 5 nitrogen and oxygen atoms in total. The Kier molecular flexibility index (Phi) is 6.11. The maximum absolute atomic E-state index is 13.6. The van der Waals surface area contributed by atoms with Crippen LogP contribution in [0.3, 0.4) is 0 Å². The van der Waals surface area contributed by atoms with E-state index in [-0.39, 0.29) is 24.4 Å². The third-order valence-electron chi connectivity index (χ3n) is 4.44. The van der Waals surface area contributed by atoms with E-state index in [2.05, 4.69) is 22.3 Å². The first-order valence-corrected chi connectivity index (χ1v) is 8.96. The molecule has 0 saturated carbocycles. The summed E-state index contributed by atoms with van der Waals surface area (Å²) in [5.74, 6) is -1.45. The van der Waals surface area contributed by atoms with Crippen molar-refractivity contribution in [3.8, 4) is 5.75 Å². The van der Waals surface area contributed by atoms with Crippen LogP contribution in [0.4, 0.5) is 19.3 Å². The van der Waals surface area contributed by atoms with Gasteiger partial charge in [-0.25, -0.2) is 13.6 Å². The predicted molar refractivity (Wildman–Crippen MR) is 100 cm³/mol. The van der Waals surface area contributed by atoms with Crippen molar-refractivity contribution < 1.29 is 18.3 Å². The van der Waals surface area contributed by atoms with Crippen LogP contribution in [0.5, 0.6) is 5.75 Å². The molecule has 1 fully saturated rings. The lowest BCUT2D eigenvalue weighted by atomic mass is 10.2. The number of halogens is 2. The van der Waals surface area contributed by atoms with Crippen LogP contribution < -0.4 is 15.0 Å². The second-order valence-electron chi connectivity index (χ2n) is 6.55. The number of amides is 2. The number of ether oxygens (including phenoxy) is 1. The summed E-state index contributed by atoms with van der Waals surface area (Å²) in [6.07, 6.45) is 0. The van der Waals surface area contributed by atoms with Crippen molar-refractivity contribution in [2.75, 3.05) is 37.7 Å². The van der Waals surface area contributed by atoms with E-state index in [1.165, 1.54) is 6.07 Å². The monoisotopic (exact) mass is 375 g/mol. The Balaban J connectivity index is 1.43. The Morgan fingerprint density at radius 3 is 2.48 bits per heavy atom. The minimum Gasteiger partial charge on any atom is -0.488 e. The van der Waals surface area contributed by atoms with E-state index < -0.39 is 11.6 Å². The van der Waals surface area contributed by atoms with Gasteiger partial charge < -0.3 is 19.9 Å². The average Bonchev–Trinajstić information content (AvgIpc) is 2.68. The van der Waals surface area contributed by atoms with E-state index in [0.717, 1.165) is 30.9 Å². The molecular formula is C20H23F2N3O2. The normalized spacial score (nSPS) is 15.4. The minimum absolute atomic E-state index is 0.0334. The first-order chi connectivity index (χ1) is 13.0. The molecule has 27 heavy (non-hydrogen) atoms. The highest BCUT2D eigenvalue weighted by Crippen LogP contribution is 2.18. The molecule has 0 spiro atoms. The van der Waals surface area contributed by atoms with Crippen LogP contribution in [-0.2, 0) is 0 Å². The molecule has 1 unspecified atom stereocenters. The van der Waals surface area contributed by atoms with Gasteiger partial charge in [0.05, 0.1) is 6.04 Å². The number of nitrogens with zero attached hydrogens (tertiary/aromatic N) is 2. The smallest absolute Gasteiger partial charge is 0.317 e. The summed E-state index contributed by atoms with van der Waals surface area (Å²) in [6.45, 7) is 4.66. The van der Waals surface area contributed by atoms with E-state index in [4.69, 9.17) is 4.74 Å². The van der Waals surface area contributed by atoms with Crippen LogP contribution in [0, 0.1) is 11.6 Å². The second kappa shape index (κ2) is 8.70. The molecule has 0 aliphatic carbocycles. The molecule has 1 atom stereocenters. The molecule has 144 valence electrons. The molecule has 2 aromatic rings. The SMILES string of the molecule is CC(COc1ccc(F)cc1F)NC(=O)N1CCN(c2ccccc2)CC1. The van der Waals surface area contributed by atoms with Gasteiger partial charge in [0.15, 0.2) is 11.6 Å². The Bertz CT molecular complexity index is 765. The van der Waals surface area contributed by atoms with E-state index >= 15 is 0 Å².